The van der Waals surface area contributed by atoms with Crippen LogP contribution in [0.1, 0.15) is 26.7 Å². The van der Waals surface area contributed by atoms with Crippen molar-refractivity contribution in [2.24, 2.45) is 0 Å². The van der Waals surface area contributed by atoms with Gasteiger partial charge in [0.1, 0.15) is 0 Å². The molecular formula is C12H24N2O3. The van der Waals surface area contributed by atoms with E-state index in [4.69, 9.17) is 9.84 Å². The Morgan fingerprint density at radius 3 is 2.65 bits per heavy atom. The number of carbonyl (C=O) groups excluding carboxylic acids is 1. The summed E-state index contributed by atoms with van der Waals surface area (Å²) in [6.45, 7) is 6.68. The van der Waals surface area contributed by atoms with Gasteiger partial charge < -0.3 is 15.2 Å². The first-order chi connectivity index (χ1) is 8.11. The van der Waals surface area contributed by atoms with E-state index in [9.17, 15) is 4.79 Å². The third-order valence-electron chi connectivity index (χ3n) is 2.80. The van der Waals surface area contributed by atoms with Gasteiger partial charge in [-0.05, 0) is 26.7 Å². The van der Waals surface area contributed by atoms with Crippen molar-refractivity contribution in [2.75, 3.05) is 32.8 Å². The number of hydrogen-bond donors (Lipinski definition) is 2. The van der Waals surface area contributed by atoms with Gasteiger partial charge >= 0.3 is 0 Å². The molecule has 0 aliphatic carbocycles. The highest BCUT2D eigenvalue weighted by Crippen LogP contribution is 2.13. The Bertz CT molecular complexity index is 226. The van der Waals surface area contributed by atoms with E-state index in [0.717, 1.165) is 25.9 Å². The van der Waals surface area contributed by atoms with E-state index in [2.05, 4.69) is 10.2 Å². The molecule has 5 heteroatoms. The summed E-state index contributed by atoms with van der Waals surface area (Å²) in [4.78, 5) is 13.7. The molecule has 0 aromatic rings. The number of rotatable bonds is 6. The minimum atomic E-state index is 0.0804. The Morgan fingerprint density at radius 1 is 1.47 bits per heavy atom. The molecule has 0 saturated carbocycles. The Labute approximate surface area is 103 Å². The van der Waals surface area contributed by atoms with Crippen LogP contribution in [0.2, 0.25) is 0 Å². The summed E-state index contributed by atoms with van der Waals surface area (Å²) in [6, 6.07) is 0.202. The molecule has 17 heavy (non-hydrogen) atoms. The summed E-state index contributed by atoms with van der Waals surface area (Å²) in [7, 11) is 0. The van der Waals surface area contributed by atoms with E-state index >= 15 is 0 Å². The lowest BCUT2D eigenvalue weighted by Crippen LogP contribution is -2.44. The van der Waals surface area contributed by atoms with Crippen LogP contribution in [0.15, 0.2) is 0 Å². The lowest BCUT2D eigenvalue weighted by molar-refractivity contribution is -0.123. The second-order valence-electron chi connectivity index (χ2n) is 4.79. The molecule has 0 unspecified atom stereocenters. The van der Waals surface area contributed by atoms with Gasteiger partial charge in [0.05, 0.1) is 25.9 Å². The molecule has 1 aliphatic heterocycles. The smallest absolute Gasteiger partial charge is 0.234 e. The molecule has 2 N–H and O–H groups in total. The first-order valence-corrected chi connectivity index (χ1v) is 6.36. The molecule has 100 valence electrons. The number of nitrogens with one attached hydrogen (secondary N) is 1. The molecule has 0 atom stereocenters. The molecule has 0 bridgehead atoms. The molecule has 1 heterocycles. The van der Waals surface area contributed by atoms with Gasteiger partial charge in [-0.1, -0.05) is 0 Å². The number of carbonyl (C=O) groups is 1. The number of ether oxygens (including phenoxy) is 1. The molecule has 0 spiro atoms. The van der Waals surface area contributed by atoms with E-state index in [1.165, 1.54) is 0 Å². The average molecular weight is 244 g/mol. The quantitative estimate of drug-likeness (QED) is 0.689. The van der Waals surface area contributed by atoms with Crippen molar-refractivity contribution in [1.82, 2.24) is 10.2 Å². The van der Waals surface area contributed by atoms with Gasteiger partial charge in [-0.2, -0.15) is 0 Å². The van der Waals surface area contributed by atoms with Crippen molar-refractivity contribution in [1.29, 1.82) is 0 Å². The highest BCUT2D eigenvalue weighted by atomic mass is 16.5. The molecule has 1 saturated heterocycles. The average Bonchev–Trinajstić information content (AvgIpc) is 2.27. The fourth-order valence-corrected chi connectivity index (χ4v) is 2.02. The van der Waals surface area contributed by atoms with Gasteiger partial charge in [0.2, 0.25) is 5.91 Å². The van der Waals surface area contributed by atoms with E-state index in [0.29, 0.717) is 13.2 Å². The van der Waals surface area contributed by atoms with Gasteiger partial charge in [0.25, 0.3) is 0 Å². The van der Waals surface area contributed by atoms with Gasteiger partial charge in [-0.25, -0.2) is 0 Å². The van der Waals surface area contributed by atoms with Gasteiger partial charge in [-0.15, -0.1) is 0 Å². The van der Waals surface area contributed by atoms with Gasteiger partial charge in [-0.3, -0.25) is 9.69 Å². The molecule has 0 aromatic heterocycles. The van der Waals surface area contributed by atoms with Crippen LogP contribution in [0.4, 0.5) is 0 Å². The van der Waals surface area contributed by atoms with Gasteiger partial charge in [0.15, 0.2) is 0 Å². The minimum Gasteiger partial charge on any atom is -0.394 e. The Morgan fingerprint density at radius 2 is 2.12 bits per heavy atom. The Balaban J connectivity index is 2.16. The first kappa shape index (κ1) is 14.4. The minimum absolute atomic E-state index is 0.0804. The zero-order valence-corrected chi connectivity index (χ0v) is 10.8. The summed E-state index contributed by atoms with van der Waals surface area (Å²) in [5.41, 5.74) is 0. The van der Waals surface area contributed by atoms with E-state index in [1.54, 1.807) is 0 Å². The first-order valence-electron chi connectivity index (χ1n) is 6.36. The Kier molecular flexibility index (Phi) is 6.47. The highest BCUT2D eigenvalue weighted by Gasteiger charge is 2.21. The van der Waals surface area contributed by atoms with Crippen LogP contribution >= 0.6 is 0 Å². The second kappa shape index (κ2) is 7.63. The predicted octanol–water partition coefficient (Wildman–Crippen LogP) is -0.0157. The largest absolute Gasteiger partial charge is 0.394 e. The van der Waals surface area contributed by atoms with Crippen molar-refractivity contribution >= 4 is 5.91 Å². The number of aliphatic hydroxyl groups is 1. The number of piperidine rings is 1. The number of aliphatic hydroxyl groups excluding tert-OH is 1. The third-order valence-corrected chi connectivity index (χ3v) is 2.80. The standard InChI is InChI=1S/C12H24N2O3/c1-10(2)13-12(16)9-14-5-3-11(4-6-14)17-8-7-15/h10-11,15H,3-9H2,1-2H3,(H,13,16). The van der Waals surface area contributed by atoms with Crippen LogP contribution < -0.4 is 5.32 Å². The summed E-state index contributed by atoms with van der Waals surface area (Å²) >= 11 is 0. The summed E-state index contributed by atoms with van der Waals surface area (Å²) in [5.74, 6) is 0.0923. The molecule has 1 fully saturated rings. The van der Waals surface area contributed by atoms with Crippen molar-refractivity contribution < 1.29 is 14.6 Å². The van der Waals surface area contributed by atoms with E-state index < -0.39 is 0 Å². The highest BCUT2D eigenvalue weighted by molar-refractivity contribution is 5.78. The van der Waals surface area contributed by atoms with Crippen LogP contribution in [-0.4, -0.2) is 60.9 Å². The maximum absolute atomic E-state index is 11.6. The second-order valence-corrected chi connectivity index (χ2v) is 4.79. The van der Waals surface area contributed by atoms with Crippen LogP contribution in [-0.2, 0) is 9.53 Å². The molecule has 1 aliphatic rings. The summed E-state index contributed by atoms with van der Waals surface area (Å²) in [5, 5.41) is 11.6. The number of likely N-dealkylation sites (tertiary alicyclic amines) is 1. The molecule has 5 nitrogen and oxygen atoms in total. The summed E-state index contributed by atoms with van der Waals surface area (Å²) in [6.07, 6.45) is 2.12. The SMILES string of the molecule is CC(C)NC(=O)CN1CCC(OCCO)CC1. The van der Waals surface area contributed by atoms with Gasteiger partial charge in [0, 0.05) is 19.1 Å². The monoisotopic (exact) mass is 244 g/mol. The lowest BCUT2D eigenvalue weighted by Gasteiger charge is -2.31. The maximum Gasteiger partial charge on any atom is 0.234 e. The molecule has 1 rings (SSSR count). The van der Waals surface area contributed by atoms with Crippen LogP contribution in [0.5, 0.6) is 0 Å². The molecule has 1 amide bonds. The van der Waals surface area contributed by atoms with Crippen LogP contribution in [0.3, 0.4) is 0 Å². The predicted molar refractivity (Wildman–Crippen MR) is 65.8 cm³/mol. The molecule has 0 aromatic carbocycles. The summed E-state index contributed by atoms with van der Waals surface area (Å²) < 4.78 is 5.47. The zero-order chi connectivity index (χ0) is 12.7. The Hall–Kier alpha value is -0.650. The number of hydrogen-bond acceptors (Lipinski definition) is 4. The van der Waals surface area contributed by atoms with Crippen molar-refractivity contribution in [3.05, 3.63) is 0 Å². The number of nitrogens with zero attached hydrogens (tertiary/aromatic N) is 1. The van der Waals surface area contributed by atoms with Crippen molar-refractivity contribution in [2.45, 2.75) is 38.8 Å². The van der Waals surface area contributed by atoms with Crippen LogP contribution in [0, 0.1) is 0 Å². The maximum atomic E-state index is 11.6. The van der Waals surface area contributed by atoms with E-state index in [-0.39, 0.29) is 24.7 Å². The normalized spacial score (nSPS) is 18.6. The fourth-order valence-electron chi connectivity index (χ4n) is 2.02. The van der Waals surface area contributed by atoms with Crippen molar-refractivity contribution in [3.8, 4) is 0 Å². The fraction of sp³-hybridized carbons (Fsp3) is 0.917. The zero-order valence-electron chi connectivity index (χ0n) is 10.8. The third kappa shape index (κ3) is 6.00. The van der Waals surface area contributed by atoms with Crippen LogP contribution in [0.25, 0.3) is 0 Å². The molecule has 0 radical (unpaired) electrons. The lowest BCUT2D eigenvalue weighted by atomic mass is 10.1. The van der Waals surface area contributed by atoms with E-state index in [1.807, 2.05) is 13.8 Å². The number of amides is 1. The van der Waals surface area contributed by atoms with Crippen molar-refractivity contribution in [3.63, 3.8) is 0 Å². The topological polar surface area (TPSA) is 61.8 Å². The molecular weight excluding hydrogens is 220 g/mol.